The van der Waals surface area contributed by atoms with Crippen molar-refractivity contribution in [2.24, 2.45) is 0 Å². The molecular formula is C24H25F7N2O7S2. The number of halogens is 7. The fraction of sp³-hybridized carbons (Fsp3) is 0.417. The Morgan fingerprint density at radius 1 is 0.857 bits per heavy atom. The van der Waals surface area contributed by atoms with Crippen molar-refractivity contribution >= 4 is 37.5 Å². The lowest BCUT2D eigenvalue weighted by molar-refractivity contribution is -0.348. The molecule has 0 aromatic heterocycles. The Morgan fingerprint density at radius 3 is 1.86 bits per heavy atom. The van der Waals surface area contributed by atoms with Crippen molar-refractivity contribution in [3.05, 3.63) is 58.7 Å². The highest BCUT2D eigenvalue weighted by Crippen LogP contribution is 2.53. The van der Waals surface area contributed by atoms with E-state index in [9.17, 15) is 57.2 Å². The summed E-state index contributed by atoms with van der Waals surface area (Å²) in [6.07, 6.45) is -11.2. The Kier molecular flexibility index (Phi) is 9.40. The Morgan fingerprint density at radius 2 is 1.40 bits per heavy atom. The Bertz CT molecular complexity index is 1590. The van der Waals surface area contributed by atoms with Crippen LogP contribution in [0.3, 0.4) is 0 Å². The molecule has 0 bridgehead atoms. The highest BCUT2D eigenvalue weighted by atomic mass is 32.2. The lowest BCUT2D eigenvalue weighted by Gasteiger charge is -2.30. The molecule has 0 saturated heterocycles. The van der Waals surface area contributed by atoms with Crippen LogP contribution in [-0.2, 0) is 25.6 Å². The highest BCUT2D eigenvalue weighted by molar-refractivity contribution is 7.90. The maximum Gasteiger partial charge on any atom is 0.435 e. The molecular weight excluding hydrogens is 625 g/mol. The van der Waals surface area contributed by atoms with Gasteiger partial charge in [-0.25, -0.2) is 12.8 Å². The van der Waals surface area contributed by atoms with E-state index in [-0.39, 0.29) is 17.8 Å². The van der Waals surface area contributed by atoms with Crippen LogP contribution in [0.5, 0.6) is 5.75 Å². The zero-order valence-corrected chi connectivity index (χ0v) is 24.1. The average molecular weight is 651 g/mol. The number of carbonyl (C=O) groups excluding carboxylic acids is 2. The number of hydrogen-bond donors (Lipinski definition) is 2. The number of sulfone groups is 1. The number of aryl methyl sites for hydroxylation is 1. The topological polar surface area (TPSA) is 136 Å². The number of alkyl halides is 7. The van der Waals surface area contributed by atoms with Crippen molar-refractivity contribution in [3.8, 4) is 5.75 Å². The largest absolute Gasteiger partial charge is 0.435 e. The summed E-state index contributed by atoms with van der Waals surface area (Å²) in [4.78, 5) is 26.4. The number of carbonyl (C=O) groups is 2. The number of benzene rings is 2. The van der Waals surface area contributed by atoms with E-state index in [1.807, 2.05) is 0 Å². The van der Waals surface area contributed by atoms with Crippen molar-refractivity contribution in [1.82, 2.24) is 5.32 Å². The summed E-state index contributed by atoms with van der Waals surface area (Å²) in [6.45, 7) is 3.63. The van der Waals surface area contributed by atoms with Gasteiger partial charge in [0, 0.05) is 23.0 Å². The molecule has 0 unspecified atom stereocenters. The van der Waals surface area contributed by atoms with Gasteiger partial charge < -0.3 is 14.8 Å². The molecule has 2 N–H and O–H groups in total. The second kappa shape index (κ2) is 11.3. The summed E-state index contributed by atoms with van der Waals surface area (Å²) >= 11 is 0. The molecule has 2 aromatic rings. The Labute approximate surface area is 236 Å². The maximum absolute atomic E-state index is 14.5. The molecule has 0 aliphatic carbocycles. The van der Waals surface area contributed by atoms with Crippen LogP contribution in [0, 0.1) is 6.92 Å². The predicted octanol–water partition coefficient (Wildman–Crippen LogP) is 4.43. The van der Waals surface area contributed by atoms with Crippen molar-refractivity contribution in [2.45, 2.75) is 44.3 Å². The molecule has 0 aliphatic heterocycles. The van der Waals surface area contributed by atoms with Gasteiger partial charge in [0.25, 0.3) is 11.8 Å². The van der Waals surface area contributed by atoms with Gasteiger partial charge in [0.15, 0.2) is 5.75 Å². The summed E-state index contributed by atoms with van der Waals surface area (Å²) in [7, 11) is -7.93. The van der Waals surface area contributed by atoms with Crippen molar-refractivity contribution < 1.29 is 61.3 Å². The summed E-state index contributed by atoms with van der Waals surface area (Å²) in [5.74, 6) is -3.58. The standard InChI is InChI=1S/C24H25F7N2O7S2/c1-13-11-14(22(25,23(26,27)28)24(29,30)31)9-10-16(13)32-19(34)15-7-6-8-17(40-42(5,38)39)18(15)20(35)33-21(2,3)12-41(4,36)37/h6-11H,12H2,1-5H3,(H,32,34)(H,33,35). The third kappa shape index (κ3) is 8.11. The average Bonchev–Trinajstić information content (AvgIpc) is 2.74. The number of rotatable bonds is 9. The zero-order valence-electron chi connectivity index (χ0n) is 22.5. The van der Waals surface area contributed by atoms with Gasteiger partial charge in [0.05, 0.1) is 23.1 Å². The predicted molar refractivity (Wildman–Crippen MR) is 137 cm³/mol. The third-order valence-corrected chi connectivity index (χ3v) is 7.20. The molecule has 0 saturated carbocycles. The smallest absolute Gasteiger partial charge is 0.382 e. The third-order valence-electron chi connectivity index (χ3n) is 5.47. The zero-order chi connectivity index (χ0) is 32.7. The summed E-state index contributed by atoms with van der Waals surface area (Å²) in [5, 5.41) is 4.51. The van der Waals surface area contributed by atoms with E-state index < -0.39 is 89.1 Å². The van der Waals surface area contributed by atoms with Gasteiger partial charge in [-0.1, -0.05) is 18.2 Å². The summed E-state index contributed by atoms with van der Waals surface area (Å²) in [6, 6.07) is 4.13. The molecule has 0 spiro atoms. The first-order valence-corrected chi connectivity index (χ1v) is 15.3. The molecule has 0 aliphatic rings. The second-order valence-electron chi connectivity index (χ2n) is 10.0. The van der Waals surface area contributed by atoms with E-state index in [4.69, 9.17) is 4.18 Å². The lowest BCUT2D eigenvalue weighted by Crippen LogP contribution is -2.50. The highest BCUT2D eigenvalue weighted by Gasteiger charge is 2.73. The second-order valence-corrected chi connectivity index (χ2v) is 13.7. The van der Waals surface area contributed by atoms with E-state index >= 15 is 0 Å². The van der Waals surface area contributed by atoms with Crippen molar-refractivity contribution in [3.63, 3.8) is 0 Å². The van der Waals surface area contributed by atoms with Crippen LogP contribution in [-0.4, -0.2) is 64.8 Å². The first-order valence-electron chi connectivity index (χ1n) is 11.5. The molecule has 18 heteroatoms. The van der Waals surface area contributed by atoms with E-state index in [1.54, 1.807) is 0 Å². The summed E-state index contributed by atoms with van der Waals surface area (Å²) in [5.41, 5.74) is -11.0. The van der Waals surface area contributed by atoms with Gasteiger partial charge in [-0.3, -0.25) is 9.59 Å². The van der Waals surface area contributed by atoms with E-state index in [1.165, 1.54) is 13.8 Å². The van der Waals surface area contributed by atoms with Crippen LogP contribution in [0.4, 0.5) is 36.4 Å². The van der Waals surface area contributed by atoms with Crippen molar-refractivity contribution in [2.75, 3.05) is 23.6 Å². The van der Waals surface area contributed by atoms with Gasteiger partial charge in [0.1, 0.15) is 9.84 Å². The van der Waals surface area contributed by atoms with E-state index in [2.05, 4.69) is 10.6 Å². The fourth-order valence-electron chi connectivity index (χ4n) is 3.94. The van der Waals surface area contributed by atoms with Crippen LogP contribution in [0.1, 0.15) is 45.7 Å². The minimum absolute atomic E-state index is 0.175. The monoisotopic (exact) mass is 650 g/mol. The molecule has 2 rings (SSSR count). The van der Waals surface area contributed by atoms with E-state index in [0.717, 1.165) is 31.4 Å². The SMILES string of the molecule is Cc1cc(C(F)(C(F)(F)F)C(F)(F)F)ccc1NC(=O)c1cccc(OS(C)(=O)=O)c1C(=O)NC(C)(C)CS(C)(=O)=O. The van der Waals surface area contributed by atoms with Crippen LogP contribution in [0.2, 0.25) is 0 Å². The minimum atomic E-state index is -6.37. The van der Waals surface area contributed by atoms with Gasteiger partial charge in [-0.15, -0.1) is 0 Å². The molecule has 9 nitrogen and oxygen atoms in total. The fourth-order valence-corrected chi connectivity index (χ4v) is 5.79. The Hall–Kier alpha value is -3.41. The van der Waals surface area contributed by atoms with Crippen molar-refractivity contribution in [1.29, 1.82) is 0 Å². The number of anilines is 1. The molecule has 0 fully saturated rings. The number of hydrogen-bond acceptors (Lipinski definition) is 7. The van der Waals surface area contributed by atoms with Crippen LogP contribution in [0.25, 0.3) is 0 Å². The molecule has 42 heavy (non-hydrogen) atoms. The minimum Gasteiger partial charge on any atom is -0.382 e. The van der Waals surface area contributed by atoms with E-state index in [0.29, 0.717) is 12.3 Å². The quantitative estimate of drug-likeness (QED) is 0.303. The van der Waals surface area contributed by atoms with Crippen LogP contribution < -0.4 is 14.8 Å². The normalized spacial score (nSPS) is 13.4. The maximum atomic E-state index is 14.5. The number of nitrogens with one attached hydrogen (secondary N) is 2. The lowest BCUT2D eigenvalue weighted by atomic mass is 9.92. The number of amides is 2. The molecule has 234 valence electrons. The molecule has 0 atom stereocenters. The Balaban J connectivity index is 2.59. The molecule has 0 heterocycles. The van der Waals surface area contributed by atoms with Gasteiger partial charge in [-0.2, -0.15) is 34.8 Å². The molecule has 2 aromatic carbocycles. The first kappa shape index (κ1) is 34.8. The first-order chi connectivity index (χ1) is 18.7. The van der Waals surface area contributed by atoms with Crippen LogP contribution >= 0.6 is 0 Å². The molecule has 2 amide bonds. The summed E-state index contributed by atoms with van der Waals surface area (Å²) < 4.78 is 145. The van der Waals surface area contributed by atoms with Gasteiger partial charge in [-0.05, 0) is 44.5 Å². The molecule has 0 radical (unpaired) electrons. The van der Waals surface area contributed by atoms with Gasteiger partial charge in [0.2, 0.25) is 0 Å². The van der Waals surface area contributed by atoms with Gasteiger partial charge >= 0.3 is 28.1 Å². The van der Waals surface area contributed by atoms with Crippen LogP contribution in [0.15, 0.2) is 36.4 Å².